The van der Waals surface area contributed by atoms with E-state index in [2.05, 4.69) is 55.1 Å². The highest BCUT2D eigenvalue weighted by molar-refractivity contribution is 6.44. The van der Waals surface area contributed by atoms with Gasteiger partial charge in [0.15, 0.2) is 0 Å². The first kappa shape index (κ1) is 34.3. The summed E-state index contributed by atoms with van der Waals surface area (Å²) in [6.07, 6.45) is 0.215. The van der Waals surface area contributed by atoms with E-state index in [0.29, 0.717) is 31.4 Å². The fourth-order valence-electron chi connectivity index (χ4n) is 6.25. The van der Waals surface area contributed by atoms with E-state index in [1.807, 2.05) is 18.2 Å². The summed E-state index contributed by atoms with van der Waals surface area (Å²) in [5.41, 5.74) is 2.04. The van der Waals surface area contributed by atoms with E-state index in [4.69, 9.17) is 4.74 Å². The van der Waals surface area contributed by atoms with Gasteiger partial charge < -0.3 is 25.6 Å². The van der Waals surface area contributed by atoms with Crippen LogP contribution in [0.15, 0.2) is 77.4 Å². The zero-order valence-corrected chi connectivity index (χ0v) is 26.9. The highest BCUT2D eigenvalue weighted by atomic mass is 19.4. The third-order valence-electron chi connectivity index (χ3n) is 9.05. The number of carbonyl (C=O) groups is 2. The molecular weight excluding hydrogens is 640 g/mol. The number of pyridine rings is 1. The van der Waals surface area contributed by atoms with Gasteiger partial charge in [-0.3, -0.25) is 14.6 Å². The Morgan fingerprint density at radius 3 is 2.29 bits per heavy atom. The average Bonchev–Trinajstić information content (AvgIpc) is 3.62. The molecule has 0 spiro atoms. The lowest BCUT2D eigenvalue weighted by atomic mass is 9.91. The van der Waals surface area contributed by atoms with Crippen molar-refractivity contribution in [3.8, 4) is 22.8 Å². The first-order valence-electron chi connectivity index (χ1n) is 16.5. The van der Waals surface area contributed by atoms with Crippen LogP contribution in [0.1, 0.15) is 41.6 Å². The number of aliphatic imine (C=N–C) groups is 1. The molecule has 258 valence electrons. The average molecular weight is 679 g/mol. The van der Waals surface area contributed by atoms with Crippen molar-refractivity contribution in [2.45, 2.75) is 50.4 Å². The summed E-state index contributed by atoms with van der Waals surface area (Å²) in [4.78, 5) is 36.0. The fourth-order valence-corrected chi connectivity index (χ4v) is 6.25. The van der Waals surface area contributed by atoms with E-state index in [-0.39, 0.29) is 29.2 Å². The van der Waals surface area contributed by atoms with Crippen LogP contribution >= 0.6 is 0 Å². The van der Waals surface area contributed by atoms with E-state index in [0.717, 1.165) is 68.6 Å². The highest BCUT2D eigenvalue weighted by Gasteiger charge is 2.37. The summed E-state index contributed by atoms with van der Waals surface area (Å²) in [5, 5.41) is 9.03. The van der Waals surface area contributed by atoms with E-state index in [1.165, 1.54) is 5.56 Å². The van der Waals surface area contributed by atoms with Crippen LogP contribution in [0.4, 0.5) is 17.6 Å². The number of aromatic nitrogens is 1. The molecule has 6 rings (SSSR count). The van der Waals surface area contributed by atoms with Crippen molar-refractivity contribution in [1.29, 1.82) is 0 Å². The third kappa shape index (κ3) is 9.09. The molecule has 2 fully saturated rings. The molecule has 1 saturated heterocycles. The van der Waals surface area contributed by atoms with Gasteiger partial charge in [-0.05, 0) is 73.1 Å². The van der Waals surface area contributed by atoms with Crippen molar-refractivity contribution in [2.75, 3.05) is 39.3 Å². The molecule has 0 unspecified atom stereocenters. The minimum absolute atomic E-state index is 0.0381. The first-order chi connectivity index (χ1) is 23.6. The van der Waals surface area contributed by atoms with E-state index >= 15 is 0 Å². The quantitative estimate of drug-likeness (QED) is 0.254. The number of ether oxygens (including phenoxy) is 1. The molecule has 0 radical (unpaired) electrons. The number of hydrogen-bond donors (Lipinski definition) is 3. The Morgan fingerprint density at radius 2 is 1.61 bits per heavy atom. The second kappa shape index (κ2) is 15.3. The zero-order chi connectivity index (χ0) is 34.4. The van der Waals surface area contributed by atoms with Crippen LogP contribution in [0, 0.1) is 5.82 Å². The van der Waals surface area contributed by atoms with Crippen molar-refractivity contribution in [3.63, 3.8) is 0 Å². The number of piperazine rings is 1. The number of benzene rings is 2. The summed E-state index contributed by atoms with van der Waals surface area (Å²) < 4.78 is 59.0. The number of hydrogen-bond acceptors (Lipinski definition) is 7. The number of carbonyl (C=O) groups excluding carboxylic acids is 2. The van der Waals surface area contributed by atoms with Crippen LogP contribution in [-0.2, 0) is 11.2 Å². The van der Waals surface area contributed by atoms with E-state index < -0.39 is 35.9 Å². The number of rotatable bonds is 10. The Morgan fingerprint density at radius 1 is 0.918 bits per heavy atom. The minimum Gasteiger partial charge on any atom is -0.438 e. The van der Waals surface area contributed by atoms with Gasteiger partial charge in [-0.1, -0.05) is 36.4 Å². The second-order valence-corrected chi connectivity index (χ2v) is 12.5. The van der Waals surface area contributed by atoms with Crippen molar-refractivity contribution >= 4 is 17.5 Å². The predicted octanol–water partition coefficient (Wildman–Crippen LogP) is 5.23. The van der Waals surface area contributed by atoms with Crippen LogP contribution in [0.3, 0.4) is 0 Å². The maximum absolute atomic E-state index is 14.3. The van der Waals surface area contributed by atoms with Crippen molar-refractivity contribution in [1.82, 2.24) is 25.8 Å². The van der Waals surface area contributed by atoms with Gasteiger partial charge >= 0.3 is 6.18 Å². The van der Waals surface area contributed by atoms with Crippen LogP contribution in [0.2, 0.25) is 0 Å². The Balaban J connectivity index is 1.03. The lowest BCUT2D eigenvalue weighted by Crippen LogP contribution is -2.45. The minimum atomic E-state index is -4.52. The highest BCUT2D eigenvalue weighted by Crippen LogP contribution is 2.30. The molecule has 2 aliphatic heterocycles. The maximum atomic E-state index is 14.3. The summed E-state index contributed by atoms with van der Waals surface area (Å²) in [6.45, 7) is 4.64. The number of alkyl halides is 3. The van der Waals surface area contributed by atoms with E-state index in [9.17, 15) is 27.2 Å². The van der Waals surface area contributed by atoms with Gasteiger partial charge in [0, 0.05) is 44.8 Å². The number of nitrogens with zero attached hydrogens (tertiary/aromatic N) is 3. The molecule has 49 heavy (non-hydrogen) atoms. The normalized spacial score (nSPS) is 19.9. The molecule has 2 amide bonds. The molecule has 1 aromatic heterocycles. The summed E-state index contributed by atoms with van der Waals surface area (Å²) >= 11 is 0. The topological polar surface area (TPSA) is 108 Å². The van der Waals surface area contributed by atoms with Crippen LogP contribution in [0.5, 0.6) is 11.6 Å². The van der Waals surface area contributed by atoms with Gasteiger partial charge in [0.2, 0.25) is 5.88 Å². The van der Waals surface area contributed by atoms with Crippen molar-refractivity contribution in [2.24, 2.45) is 4.99 Å². The van der Waals surface area contributed by atoms with Crippen LogP contribution in [0.25, 0.3) is 11.1 Å². The number of amides is 2. The number of halogens is 4. The molecule has 3 aromatic rings. The number of nitrogens with one attached hydrogen (secondary N) is 3. The molecule has 9 nitrogen and oxygen atoms in total. The molecule has 3 heterocycles. The largest absolute Gasteiger partial charge is 0.438 e. The lowest BCUT2D eigenvalue weighted by molar-refractivity contribution is -0.115. The van der Waals surface area contributed by atoms with Crippen LogP contribution < -0.4 is 20.7 Å². The molecule has 3 N–H and O–H groups in total. The Kier molecular flexibility index (Phi) is 10.7. The van der Waals surface area contributed by atoms with Gasteiger partial charge in [-0.2, -0.15) is 13.2 Å². The summed E-state index contributed by atoms with van der Waals surface area (Å²) in [6, 6.07) is 16.3. The van der Waals surface area contributed by atoms with Gasteiger partial charge in [0.25, 0.3) is 11.8 Å². The Labute approximate surface area is 281 Å². The van der Waals surface area contributed by atoms with Gasteiger partial charge in [0.1, 0.15) is 22.8 Å². The molecular formula is C36H38F4N6O3. The standard InChI is InChI=1S/C36H38F4N6O3/c37-27-20-31(33(47)44-28-8-10-29(11-9-28)45-34(48)32-19-26(21-42-32)36(38,39)40)35(43-22-27)49-30-3-1-2-25(18-30)24-6-4-23(5-7-24)12-15-46-16-13-41-14-17-46/h1-7,18-20,22,28-29,41H,8-17,21H2,(H,44,47)(H,45,48). The van der Waals surface area contributed by atoms with Crippen molar-refractivity contribution < 1.29 is 31.9 Å². The molecule has 0 bridgehead atoms. The third-order valence-corrected chi connectivity index (χ3v) is 9.05. The molecule has 1 saturated carbocycles. The summed E-state index contributed by atoms with van der Waals surface area (Å²) in [7, 11) is 0. The first-order valence-corrected chi connectivity index (χ1v) is 16.5. The Bertz CT molecular complexity index is 1710. The Hall–Kier alpha value is -4.62. The van der Waals surface area contributed by atoms with Gasteiger partial charge in [-0.25, -0.2) is 9.37 Å². The molecule has 3 aliphatic rings. The monoisotopic (exact) mass is 678 g/mol. The molecule has 1 aliphatic carbocycles. The molecule has 2 aromatic carbocycles. The second-order valence-electron chi connectivity index (χ2n) is 12.5. The maximum Gasteiger partial charge on any atom is 0.414 e. The van der Waals surface area contributed by atoms with Gasteiger partial charge in [0.05, 0.1) is 18.3 Å². The molecule has 0 atom stereocenters. The molecule has 13 heteroatoms. The summed E-state index contributed by atoms with van der Waals surface area (Å²) in [5.74, 6) is -1.49. The van der Waals surface area contributed by atoms with Crippen LogP contribution in [-0.4, -0.2) is 84.9 Å². The lowest BCUT2D eigenvalue weighted by Gasteiger charge is -2.29. The zero-order valence-electron chi connectivity index (χ0n) is 26.9. The van der Waals surface area contributed by atoms with E-state index in [1.54, 1.807) is 6.07 Å². The predicted molar refractivity (Wildman–Crippen MR) is 177 cm³/mol. The SMILES string of the molecule is O=C(NC1CCC(NC(=O)c2cc(F)cnc2Oc2cccc(-c3ccc(CCN4CCNCC4)cc3)c2)CC1)C1=NCC(C(F)(F)F)=C1. The fraction of sp³-hybridized carbons (Fsp3) is 0.389. The van der Waals surface area contributed by atoms with Crippen molar-refractivity contribution in [3.05, 3.63) is 89.4 Å². The smallest absolute Gasteiger partial charge is 0.414 e. The van der Waals surface area contributed by atoms with Gasteiger partial charge in [-0.15, -0.1) is 0 Å².